The van der Waals surface area contributed by atoms with Gasteiger partial charge in [-0.1, -0.05) is 12.1 Å². The fourth-order valence-electron chi connectivity index (χ4n) is 5.04. The second-order valence-electron chi connectivity index (χ2n) is 8.71. The number of fused-ring (bicyclic) bond motifs is 1. The maximum Gasteiger partial charge on any atom is 0.261 e. The van der Waals surface area contributed by atoms with Crippen LogP contribution in [0, 0.1) is 6.92 Å². The van der Waals surface area contributed by atoms with Crippen molar-refractivity contribution in [2.24, 2.45) is 0 Å². The normalized spacial score (nSPS) is 18.5. The van der Waals surface area contributed by atoms with Crippen molar-refractivity contribution in [1.82, 2.24) is 15.2 Å². The predicted molar refractivity (Wildman–Crippen MR) is 129 cm³/mol. The van der Waals surface area contributed by atoms with Gasteiger partial charge in [-0.3, -0.25) is 9.59 Å². The molecule has 5 rings (SSSR count). The molecule has 2 fully saturated rings. The molecule has 6 nitrogen and oxygen atoms in total. The minimum atomic E-state index is -0.0819. The molecule has 4 heterocycles. The monoisotopic (exact) mass is 448 g/mol. The van der Waals surface area contributed by atoms with Gasteiger partial charge in [0.2, 0.25) is 0 Å². The zero-order chi connectivity index (χ0) is 22.2. The molecule has 2 aliphatic heterocycles. The number of anilines is 1. The van der Waals surface area contributed by atoms with Crippen LogP contribution in [-0.4, -0.2) is 54.9 Å². The van der Waals surface area contributed by atoms with Crippen molar-refractivity contribution in [2.45, 2.75) is 32.1 Å². The molecule has 32 heavy (non-hydrogen) atoms. The zero-order valence-electron chi connectivity index (χ0n) is 18.6. The highest BCUT2D eigenvalue weighted by molar-refractivity contribution is 7.20. The number of aromatic nitrogens is 1. The van der Waals surface area contributed by atoms with Gasteiger partial charge < -0.3 is 15.1 Å². The van der Waals surface area contributed by atoms with Gasteiger partial charge in [0.25, 0.3) is 11.8 Å². The molecule has 1 atom stereocenters. The van der Waals surface area contributed by atoms with Gasteiger partial charge in [0.15, 0.2) is 0 Å². The van der Waals surface area contributed by atoms with Gasteiger partial charge in [0, 0.05) is 62.0 Å². The molecule has 3 aromatic rings. The first-order valence-electron chi connectivity index (χ1n) is 11.3. The molecule has 0 bridgehead atoms. The average molecular weight is 449 g/mol. The number of amides is 2. The van der Waals surface area contributed by atoms with Crippen molar-refractivity contribution in [3.63, 3.8) is 0 Å². The summed E-state index contributed by atoms with van der Waals surface area (Å²) in [6.45, 7) is 5.55. The number of carbonyl (C=O) groups excluding carboxylic acids is 2. The Hall–Kier alpha value is -2.93. The van der Waals surface area contributed by atoms with E-state index in [1.807, 2.05) is 23.1 Å². The van der Waals surface area contributed by atoms with E-state index in [-0.39, 0.29) is 17.7 Å². The van der Waals surface area contributed by atoms with Crippen LogP contribution in [0.1, 0.15) is 56.3 Å². The number of carbonyl (C=O) groups is 2. The lowest BCUT2D eigenvalue weighted by Gasteiger charge is -2.22. The Morgan fingerprint density at radius 2 is 1.97 bits per heavy atom. The Bertz CT molecular complexity index is 1180. The topological polar surface area (TPSA) is 65.5 Å². The van der Waals surface area contributed by atoms with Crippen molar-refractivity contribution < 1.29 is 9.59 Å². The molecule has 0 unspecified atom stereocenters. The van der Waals surface area contributed by atoms with E-state index in [0.29, 0.717) is 18.0 Å². The van der Waals surface area contributed by atoms with E-state index in [9.17, 15) is 9.59 Å². The maximum atomic E-state index is 13.4. The number of thiophene rings is 1. The largest absolute Gasteiger partial charge is 0.371 e. The molecule has 2 saturated heterocycles. The number of aryl methyl sites for hydroxylation is 1. The zero-order valence-corrected chi connectivity index (χ0v) is 19.4. The lowest BCUT2D eigenvalue weighted by Crippen LogP contribution is -2.29. The summed E-state index contributed by atoms with van der Waals surface area (Å²) in [4.78, 5) is 36.4. The number of rotatable bonds is 4. The molecule has 1 aromatic carbocycles. The van der Waals surface area contributed by atoms with Crippen LogP contribution < -0.4 is 10.2 Å². The van der Waals surface area contributed by atoms with Crippen molar-refractivity contribution in [1.29, 1.82) is 0 Å². The number of likely N-dealkylation sites (tertiary alicyclic amines) is 1. The van der Waals surface area contributed by atoms with Crippen molar-refractivity contribution in [3.8, 4) is 0 Å². The fraction of sp³-hybridized carbons (Fsp3) is 0.400. The van der Waals surface area contributed by atoms with Crippen LogP contribution in [0.15, 0.2) is 36.5 Å². The van der Waals surface area contributed by atoms with E-state index in [1.165, 1.54) is 35.4 Å². The van der Waals surface area contributed by atoms with Gasteiger partial charge in [-0.25, -0.2) is 4.98 Å². The summed E-state index contributed by atoms with van der Waals surface area (Å²) in [5.41, 5.74) is 4.19. The number of hydrogen-bond acceptors (Lipinski definition) is 5. The smallest absolute Gasteiger partial charge is 0.261 e. The molecule has 2 aromatic heterocycles. The van der Waals surface area contributed by atoms with Crippen LogP contribution in [0.3, 0.4) is 0 Å². The third-order valence-corrected chi connectivity index (χ3v) is 7.85. The second kappa shape index (κ2) is 8.54. The van der Waals surface area contributed by atoms with Crippen LogP contribution in [0.5, 0.6) is 0 Å². The summed E-state index contributed by atoms with van der Waals surface area (Å²) < 4.78 is 0. The highest BCUT2D eigenvalue weighted by Gasteiger charge is 2.33. The number of nitrogens with one attached hydrogen (secondary N) is 1. The molecule has 0 spiro atoms. The molecule has 0 saturated carbocycles. The number of benzene rings is 1. The van der Waals surface area contributed by atoms with Crippen molar-refractivity contribution >= 4 is 39.1 Å². The number of hydrogen-bond donors (Lipinski definition) is 1. The molecular weight excluding hydrogens is 420 g/mol. The van der Waals surface area contributed by atoms with Gasteiger partial charge in [0.05, 0.1) is 4.88 Å². The Balaban J connectivity index is 1.41. The van der Waals surface area contributed by atoms with Crippen LogP contribution in [-0.2, 0) is 0 Å². The lowest BCUT2D eigenvalue weighted by atomic mass is 9.95. The minimum Gasteiger partial charge on any atom is -0.371 e. The van der Waals surface area contributed by atoms with Crippen LogP contribution in [0.25, 0.3) is 10.2 Å². The molecule has 0 radical (unpaired) electrons. The molecule has 7 heteroatoms. The lowest BCUT2D eigenvalue weighted by molar-refractivity contribution is 0.0791. The van der Waals surface area contributed by atoms with E-state index in [0.717, 1.165) is 40.9 Å². The number of nitrogens with zero attached hydrogens (tertiary/aromatic N) is 3. The van der Waals surface area contributed by atoms with Gasteiger partial charge in [-0.2, -0.15) is 0 Å². The maximum absolute atomic E-state index is 13.4. The SMILES string of the molecule is CNC(=O)c1sc2ncccc2c1[C@@H]1CCN(C(=O)c2ccc(C)c(N3CCCC3)c2)C1. The summed E-state index contributed by atoms with van der Waals surface area (Å²) in [6.07, 6.45) is 5.03. The van der Waals surface area contributed by atoms with Crippen LogP contribution in [0.4, 0.5) is 5.69 Å². The van der Waals surface area contributed by atoms with E-state index in [1.54, 1.807) is 13.2 Å². The Kier molecular flexibility index (Phi) is 5.59. The standard InChI is InChI=1S/C25H28N4O2S/c1-16-7-8-17(14-20(16)28-11-3-4-12-28)25(31)29-13-9-18(15-29)21-19-6-5-10-27-24(19)32-22(21)23(30)26-2/h5-8,10,14,18H,3-4,9,11-13,15H2,1-2H3,(H,26,30)/t18-/m1/s1. The van der Waals surface area contributed by atoms with Crippen LogP contribution >= 0.6 is 11.3 Å². The van der Waals surface area contributed by atoms with E-state index < -0.39 is 0 Å². The molecule has 1 N–H and O–H groups in total. The number of pyridine rings is 1. The van der Waals surface area contributed by atoms with E-state index in [4.69, 9.17) is 0 Å². The highest BCUT2D eigenvalue weighted by Crippen LogP contribution is 2.39. The van der Waals surface area contributed by atoms with E-state index in [2.05, 4.69) is 34.3 Å². The van der Waals surface area contributed by atoms with Crippen molar-refractivity contribution in [2.75, 3.05) is 38.1 Å². The first-order chi connectivity index (χ1) is 15.6. The second-order valence-corrected chi connectivity index (χ2v) is 9.71. The molecular formula is C25H28N4O2S. The Morgan fingerprint density at radius 3 is 2.75 bits per heavy atom. The fourth-order valence-corrected chi connectivity index (χ4v) is 6.22. The predicted octanol–water partition coefficient (Wildman–Crippen LogP) is 4.19. The van der Waals surface area contributed by atoms with Gasteiger partial charge in [-0.15, -0.1) is 11.3 Å². The third-order valence-electron chi connectivity index (χ3n) is 6.72. The van der Waals surface area contributed by atoms with Gasteiger partial charge in [-0.05, 0) is 55.5 Å². The summed E-state index contributed by atoms with van der Waals surface area (Å²) >= 11 is 1.43. The third kappa shape index (κ3) is 3.64. The highest BCUT2D eigenvalue weighted by atomic mass is 32.1. The van der Waals surface area contributed by atoms with Gasteiger partial charge in [0.1, 0.15) is 4.83 Å². The van der Waals surface area contributed by atoms with Crippen LogP contribution in [0.2, 0.25) is 0 Å². The molecule has 166 valence electrons. The molecule has 2 aliphatic rings. The molecule has 2 amide bonds. The van der Waals surface area contributed by atoms with Crippen molar-refractivity contribution in [3.05, 3.63) is 58.1 Å². The first kappa shape index (κ1) is 20.9. The minimum absolute atomic E-state index is 0.0760. The summed E-state index contributed by atoms with van der Waals surface area (Å²) in [5, 5.41) is 3.79. The molecule has 0 aliphatic carbocycles. The Morgan fingerprint density at radius 1 is 1.16 bits per heavy atom. The van der Waals surface area contributed by atoms with Gasteiger partial charge >= 0.3 is 0 Å². The summed E-state index contributed by atoms with van der Waals surface area (Å²) in [5.74, 6) is 0.126. The van der Waals surface area contributed by atoms with E-state index >= 15 is 0 Å². The quantitative estimate of drug-likeness (QED) is 0.650. The summed E-state index contributed by atoms with van der Waals surface area (Å²) in [6, 6.07) is 10.0. The Labute approximate surface area is 192 Å². The first-order valence-corrected chi connectivity index (χ1v) is 12.1. The summed E-state index contributed by atoms with van der Waals surface area (Å²) in [7, 11) is 1.66. The average Bonchev–Trinajstić information content (AvgIpc) is 3.57.